The van der Waals surface area contributed by atoms with Crippen molar-refractivity contribution in [1.82, 2.24) is 4.90 Å². The quantitative estimate of drug-likeness (QED) is 0.685. The molecule has 2 aromatic carbocycles. The molecule has 0 aliphatic carbocycles. The molecule has 0 atom stereocenters. The number of rotatable bonds is 8. The number of hydrogen-bond donors (Lipinski definition) is 0. The van der Waals surface area contributed by atoms with Crippen LogP contribution in [-0.2, 0) is 17.8 Å². The molecule has 2 rings (SSSR count). The lowest BCUT2D eigenvalue weighted by atomic mass is 10.1. The lowest BCUT2D eigenvalue weighted by Gasteiger charge is -2.18. The number of allylic oxidation sites excluding steroid dienone is 1. The van der Waals surface area contributed by atoms with Crippen molar-refractivity contribution in [2.45, 2.75) is 13.0 Å². The summed E-state index contributed by atoms with van der Waals surface area (Å²) in [5, 5.41) is 8.95. The Bertz CT molecular complexity index is 824. The molecule has 26 heavy (non-hydrogen) atoms. The van der Waals surface area contributed by atoms with Gasteiger partial charge in [0.15, 0.2) is 18.1 Å². The van der Waals surface area contributed by atoms with Gasteiger partial charge in [0.25, 0.3) is 5.91 Å². The minimum Gasteiger partial charge on any atom is -0.493 e. The van der Waals surface area contributed by atoms with Gasteiger partial charge in [0.1, 0.15) is 0 Å². The molecule has 0 saturated carbocycles. The summed E-state index contributed by atoms with van der Waals surface area (Å²) in [6, 6.07) is 14.9. The Balaban J connectivity index is 1.97. The molecule has 0 aliphatic rings. The van der Waals surface area contributed by atoms with E-state index in [2.05, 4.69) is 12.6 Å². The Labute approximate surface area is 154 Å². The molecule has 0 fully saturated rings. The van der Waals surface area contributed by atoms with Crippen molar-refractivity contribution in [3.63, 3.8) is 0 Å². The standard InChI is InChI=1S/C21H22N2O3/c1-4-6-16-9-10-19(20(12-16)25-3)26-15-21(24)23(2)14-18-8-5-7-17(11-18)13-22/h4-5,7-12H,1,6,14-15H2,2-3H3. The Kier molecular flexibility index (Phi) is 6.81. The summed E-state index contributed by atoms with van der Waals surface area (Å²) >= 11 is 0. The van der Waals surface area contributed by atoms with Gasteiger partial charge in [-0.05, 0) is 41.8 Å². The van der Waals surface area contributed by atoms with E-state index >= 15 is 0 Å². The summed E-state index contributed by atoms with van der Waals surface area (Å²) in [5.74, 6) is 0.944. The average Bonchev–Trinajstić information content (AvgIpc) is 2.66. The molecular formula is C21H22N2O3. The topological polar surface area (TPSA) is 62.6 Å². The Morgan fingerprint density at radius 2 is 2.04 bits per heavy atom. The molecule has 0 unspecified atom stereocenters. The number of likely N-dealkylation sites (N-methyl/N-ethyl adjacent to an activating group) is 1. The van der Waals surface area contributed by atoms with E-state index < -0.39 is 0 Å². The van der Waals surface area contributed by atoms with Crippen molar-refractivity contribution in [2.24, 2.45) is 0 Å². The highest BCUT2D eigenvalue weighted by atomic mass is 16.5. The minimum atomic E-state index is -0.162. The van der Waals surface area contributed by atoms with E-state index in [4.69, 9.17) is 14.7 Å². The van der Waals surface area contributed by atoms with Crippen LogP contribution in [0.5, 0.6) is 11.5 Å². The van der Waals surface area contributed by atoms with Crippen LogP contribution in [0, 0.1) is 11.3 Å². The Morgan fingerprint density at radius 3 is 2.73 bits per heavy atom. The van der Waals surface area contributed by atoms with Crippen LogP contribution in [0.3, 0.4) is 0 Å². The van der Waals surface area contributed by atoms with Crippen molar-refractivity contribution in [2.75, 3.05) is 20.8 Å². The van der Waals surface area contributed by atoms with E-state index in [9.17, 15) is 4.79 Å². The molecule has 0 heterocycles. The van der Waals surface area contributed by atoms with E-state index in [-0.39, 0.29) is 12.5 Å². The van der Waals surface area contributed by atoms with Crippen molar-refractivity contribution in [3.05, 3.63) is 71.8 Å². The first-order valence-corrected chi connectivity index (χ1v) is 8.21. The number of hydrogen-bond acceptors (Lipinski definition) is 4. The highest BCUT2D eigenvalue weighted by molar-refractivity contribution is 5.77. The number of ether oxygens (including phenoxy) is 2. The molecule has 2 aromatic rings. The minimum absolute atomic E-state index is 0.0917. The van der Waals surface area contributed by atoms with Crippen LogP contribution >= 0.6 is 0 Å². The van der Waals surface area contributed by atoms with Crippen LogP contribution in [0.25, 0.3) is 0 Å². The number of methoxy groups -OCH3 is 1. The van der Waals surface area contributed by atoms with Crippen LogP contribution < -0.4 is 9.47 Å². The monoisotopic (exact) mass is 350 g/mol. The lowest BCUT2D eigenvalue weighted by Crippen LogP contribution is -2.31. The fourth-order valence-electron chi connectivity index (χ4n) is 2.48. The maximum absolute atomic E-state index is 12.3. The van der Waals surface area contributed by atoms with Crippen molar-refractivity contribution >= 4 is 5.91 Å². The van der Waals surface area contributed by atoms with Gasteiger partial charge in [-0.2, -0.15) is 5.26 Å². The van der Waals surface area contributed by atoms with Crippen molar-refractivity contribution < 1.29 is 14.3 Å². The zero-order valence-electron chi connectivity index (χ0n) is 15.1. The molecule has 0 saturated heterocycles. The first-order chi connectivity index (χ1) is 12.6. The lowest BCUT2D eigenvalue weighted by molar-refractivity contribution is -0.132. The molecule has 5 heteroatoms. The summed E-state index contributed by atoms with van der Waals surface area (Å²) < 4.78 is 11.0. The number of amides is 1. The summed E-state index contributed by atoms with van der Waals surface area (Å²) in [6.07, 6.45) is 2.55. The van der Waals surface area contributed by atoms with Crippen LogP contribution in [-0.4, -0.2) is 31.6 Å². The third-order valence-electron chi connectivity index (χ3n) is 3.86. The van der Waals surface area contributed by atoms with Gasteiger partial charge >= 0.3 is 0 Å². The van der Waals surface area contributed by atoms with Crippen LogP contribution in [0.2, 0.25) is 0 Å². The number of carbonyl (C=O) groups is 1. The molecule has 0 N–H and O–H groups in total. The summed E-state index contributed by atoms with van der Waals surface area (Å²) in [6.45, 7) is 4.04. The van der Waals surface area contributed by atoms with Gasteiger partial charge in [-0.25, -0.2) is 0 Å². The van der Waals surface area contributed by atoms with E-state index in [1.165, 1.54) is 0 Å². The van der Waals surface area contributed by atoms with Crippen LogP contribution in [0.1, 0.15) is 16.7 Å². The van der Waals surface area contributed by atoms with E-state index in [0.717, 1.165) is 17.5 Å². The molecule has 0 bridgehead atoms. The molecule has 0 spiro atoms. The molecule has 0 aromatic heterocycles. The third-order valence-corrected chi connectivity index (χ3v) is 3.86. The summed E-state index contributed by atoms with van der Waals surface area (Å²) in [5.41, 5.74) is 2.53. The predicted octanol–water partition coefficient (Wildman–Crippen LogP) is 3.33. The molecule has 134 valence electrons. The van der Waals surface area contributed by atoms with Gasteiger partial charge in [0.05, 0.1) is 18.7 Å². The molecular weight excluding hydrogens is 328 g/mol. The number of nitrogens with zero attached hydrogens (tertiary/aromatic N) is 2. The highest BCUT2D eigenvalue weighted by Gasteiger charge is 2.13. The second-order valence-electron chi connectivity index (χ2n) is 5.83. The van der Waals surface area contributed by atoms with Crippen molar-refractivity contribution in [1.29, 1.82) is 5.26 Å². The zero-order valence-corrected chi connectivity index (χ0v) is 15.1. The van der Waals surface area contributed by atoms with Crippen molar-refractivity contribution in [3.8, 4) is 17.6 Å². The second kappa shape index (κ2) is 9.28. The Morgan fingerprint density at radius 1 is 1.23 bits per heavy atom. The summed E-state index contributed by atoms with van der Waals surface area (Å²) in [7, 11) is 3.27. The number of carbonyl (C=O) groups excluding carboxylic acids is 1. The zero-order chi connectivity index (χ0) is 18.9. The van der Waals surface area contributed by atoms with Gasteiger partial charge in [0, 0.05) is 13.6 Å². The first kappa shape index (κ1) is 19.1. The fourth-order valence-corrected chi connectivity index (χ4v) is 2.48. The van der Waals surface area contributed by atoms with Gasteiger partial charge in [-0.15, -0.1) is 6.58 Å². The fraction of sp³-hybridized carbons (Fsp3) is 0.238. The SMILES string of the molecule is C=CCc1ccc(OCC(=O)N(C)Cc2cccc(C#N)c2)c(OC)c1. The molecule has 1 amide bonds. The van der Waals surface area contributed by atoms with Gasteiger partial charge in [-0.1, -0.05) is 24.3 Å². The second-order valence-corrected chi connectivity index (χ2v) is 5.83. The first-order valence-electron chi connectivity index (χ1n) is 8.21. The smallest absolute Gasteiger partial charge is 0.260 e. The maximum atomic E-state index is 12.3. The Hall–Kier alpha value is -3.26. The highest BCUT2D eigenvalue weighted by Crippen LogP contribution is 2.28. The third kappa shape index (κ3) is 5.12. The number of benzene rings is 2. The normalized spacial score (nSPS) is 9.88. The number of nitriles is 1. The molecule has 0 radical (unpaired) electrons. The van der Waals surface area contributed by atoms with E-state index in [1.54, 1.807) is 43.3 Å². The maximum Gasteiger partial charge on any atom is 0.260 e. The largest absolute Gasteiger partial charge is 0.493 e. The van der Waals surface area contributed by atoms with Gasteiger partial charge in [-0.3, -0.25) is 4.79 Å². The predicted molar refractivity (Wildman–Crippen MR) is 100 cm³/mol. The average molecular weight is 350 g/mol. The molecule has 0 aliphatic heterocycles. The van der Waals surface area contributed by atoms with Gasteiger partial charge < -0.3 is 14.4 Å². The van der Waals surface area contributed by atoms with E-state index in [1.807, 2.05) is 24.3 Å². The van der Waals surface area contributed by atoms with E-state index in [0.29, 0.717) is 23.6 Å². The van der Waals surface area contributed by atoms with Crippen LogP contribution in [0.15, 0.2) is 55.1 Å². The van der Waals surface area contributed by atoms with Crippen LogP contribution in [0.4, 0.5) is 0 Å². The molecule has 5 nitrogen and oxygen atoms in total. The van der Waals surface area contributed by atoms with Gasteiger partial charge in [0.2, 0.25) is 0 Å². The summed E-state index contributed by atoms with van der Waals surface area (Å²) in [4.78, 5) is 13.9.